The standard InChI is InChI=1S/C26H35N2O7P/c1-4-33-26(29)23-17(2)27-18(3)25(24(23)19-10-9-11-20(16-19)28(30)31)36(32,34-21-12-5-6-13-21)35-22-14-7-8-15-22/h9-11,16,21-22,24,27H,4-8,12-15H2,1-3H3. The lowest BCUT2D eigenvalue weighted by molar-refractivity contribution is -0.384. The van der Waals surface area contributed by atoms with Gasteiger partial charge in [0.15, 0.2) is 0 Å². The maximum absolute atomic E-state index is 14.9. The highest BCUT2D eigenvalue weighted by Crippen LogP contribution is 2.66. The molecule has 10 heteroatoms. The van der Waals surface area contributed by atoms with Crippen LogP contribution in [0.5, 0.6) is 0 Å². The van der Waals surface area contributed by atoms with Crippen LogP contribution in [-0.4, -0.2) is 29.7 Å². The Morgan fingerprint density at radius 3 is 2.17 bits per heavy atom. The van der Waals surface area contributed by atoms with Crippen LogP contribution >= 0.6 is 7.60 Å². The van der Waals surface area contributed by atoms with Crippen molar-refractivity contribution in [2.45, 2.75) is 90.3 Å². The van der Waals surface area contributed by atoms with E-state index in [9.17, 15) is 19.5 Å². The number of rotatable bonds is 9. The number of dihydropyridines is 1. The average Bonchev–Trinajstić information content (AvgIpc) is 3.53. The molecule has 2 aliphatic carbocycles. The van der Waals surface area contributed by atoms with E-state index in [2.05, 4.69) is 5.32 Å². The molecule has 0 saturated heterocycles. The Bertz CT molecular complexity index is 1100. The Kier molecular flexibility index (Phi) is 8.33. The van der Waals surface area contributed by atoms with Crippen molar-refractivity contribution in [3.8, 4) is 0 Å². The monoisotopic (exact) mass is 518 g/mol. The second-order valence-corrected chi connectivity index (χ2v) is 11.6. The number of esters is 1. The second kappa shape index (κ2) is 11.3. The quantitative estimate of drug-likeness (QED) is 0.171. The molecule has 1 aliphatic heterocycles. The zero-order valence-electron chi connectivity index (χ0n) is 21.2. The van der Waals surface area contributed by atoms with Crippen molar-refractivity contribution < 1.29 is 28.1 Å². The van der Waals surface area contributed by atoms with Gasteiger partial charge in [-0.15, -0.1) is 0 Å². The van der Waals surface area contributed by atoms with E-state index >= 15 is 0 Å². The highest BCUT2D eigenvalue weighted by molar-refractivity contribution is 7.58. The summed E-state index contributed by atoms with van der Waals surface area (Å²) in [7, 11) is -3.93. The van der Waals surface area contributed by atoms with E-state index in [0.717, 1.165) is 51.4 Å². The minimum Gasteiger partial charge on any atom is -0.463 e. The lowest BCUT2D eigenvalue weighted by Gasteiger charge is -2.36. The zero-order valence-corrected chi connectivity index (χ0v) is 22.1. The van der Waals surface area contributed by atoms with Gasteiger partial charge in [-0.25, -0.2) is 4.79 Å². The first-order chi connectivity index (χ1) is 17.2. The Morgan fingerprint density at radius 1 is 1.06 bits per heavy atom. The van der Waals surface area contributed by atoms with Gasteiger partial charge in [0.25, 0.3) is 5.69 Å². The maximum Gasteiger partial charge on any atom is 0.360 e. The van der Waals surface area contributed by atoms with Crippen LogP contribution in [0.2, 0.25) is 0 Å². The smallest absolute Gasteiger partial charge is 0.360 e. The van der Waals surface area contributed by atoms with Crippen LogP contribution in [0.25, 0.3) is 0 Å². The molecule has 1 aromatic rings. The third-order valence-corrected chi connectivity index (χ3v) is 9.45. The second-order valence-electron chi connectivity index (χ2n) is 9.70. The summed E-state index contributed by atoms with van der Waals surface area (Å²) in [6.07, 6.45) is 6.72. The van der Waals surface area contributed by atoms with Crippen LogP contribution < -0.4 is 5.32 Å². The number of nitro groups is 1. The van der Waals surface area contributed by atoms with Crippen LogP contribution in [0.3, 0.4) is 0 Å². The molecule has 36 heavy (non-hydrogen) atoms. The molecule has 1 heterocycles. The molecule has 1 atom stereocenters. The number of nitrogens with zero attached hydrogens (tertiary/aromatic N) is 1. The number of non-ortho nitro benzene ring substituents is 1. The molecule has 0 amide bonds. The molecule has 0 bridgehead atoms. The normalized spacial score (nSPS) is 21.7. The largest absolute Gasteiger partial charge is 0.463 e. The first kappa shape index (κ1) is 26.6. The summed E-state index contributed by atoms with van der Waals surface area (Å²) < 4.78 is 33.0. The third-order valence-electron chi connectivity index (χ3n) is 7.11. The number of hydrogen-bond acceptors (Lipinski definition) is 8. The highest BCUT2D eigenvalue weighted by Gasteiger charge is 2.47. The zero-order chi connectivity index (χ0) is 25.9. The summed E-state index contributed by atoms with van der Waals surface area (Å²) in [5.74, 6) is -1.45. The molecule has 0 spiro atoms. The number of ether oxygens (including phenoxy) is 1. The molecular weight excluding hydrogens is 483 g/mol. The summed E-state index contributed by atoms with van der Waals surface area (Å²) in [4.78, 5) is 24.3. The van der Waals surface area contributed by atoms with Crippen molar-refractivity contribution in [2.75, 3.05) is 6.61 Å². The molecule has 1 unspecified atom stereocenters. The predicted octanol–water partition coefficient (Wildman–Crippen LogP) is 6.46. The van der Waals surface area contributed by atoms with Crippen molar-refractivity contribution in [2.24, 2.45) is 0 Å². The van der Waals surface area contributed by atoms with Gasteiger partial charge in [0.2, 0.25) is 0 Å². The number of hydrogen-bond donors (Lipinski definition) is 1. The topological polar surface area (TPSA) is 117 Å². The molecular formula is C26H35N2O7P. The lowest BCUT2D eigenvalue weighted by Crippen LogP contribution is -2.30. The number of carbonyl (C=O) groups excluding carboxylic acids is 1. The van der Waals surface area contributed by atoms with Gasteiger partial charge in [0.05, 0.1) is 40.5 Å². The molecule has 1 aromatic carbocycles. The molecule has 0 radical (unpaired) electrons. The Balaban J connectivity index is 1.87. The van der Waals surface area contributed by atoms with Gasteiger partial charge in [-0.2, -0.15) is 0 Å². The summed E-state index contributed by atoms with van der Waals surface area (Å²) in [6.45, 7) is 5.40. The fourth-order valence-corrected chi connectivity index (χ4v) is 8.03. The van der Waals surface area contributed by atoms with E-state index in [1.54, 1.807) is 32.9 Å². The lowest BCUT2D eigenvalue weighted by atomic mass is 9.86. The first-order valence-corrected chi connectivity index (χ1v) is 14.3. The van der Waals surface area contributed by atoms with Gasteiger partial charge in [0.1, 0.15) is 0 Å². The molecule has 1 N–H and O–H groups in total. The van der Waals surface area contributed by atoms with E-state index in [4.69, 9.17) is 13.8 Å². The van der Waals surface area contributed by atoms with E-state index in [-0.39, 0.29) is 30.1 Å². The first-order valence-electron chi connectivity index (χ1n) is 12.8. The Morgan fingerprint density at radius 2 is 1.64 bits per heavy atom. The molecule has 0 aromatic heterocycles. The predicted molar refractivity (Wildman–Crippen MR) is 135 cm³/mol. The highest BCUT2D eigenvalue weighted by atomic mass is 31.2. The SMILES string of the molecule is CCOC(=O)C1=C(C)NC(C)=C(P(=O)(OC2CCCC2)OC2CCCC2)C1c1cccc([N+](=O)[O-])c1. The molecule has 3 aliphatic rings. The number of carbonyl (C=O) groups is 1. The van der Waals surface area contributed by atoms with Crippen LogP contribution in [-0.2, 0) is 23.1 Å². The maximum atomic E-state index is 14.9. The summed E-state index contributed by atoms with van der Waals surface area (Å²) in [5.41, 5.74) is 1.71. The van der Waals surface area contributed by atoms with Gasteiger partial charge in [-0.3, -0.25) is 14.7 Å². The van der Waals surface area contributed by atoms with Crippen LogP contribution in [0.1, 0.15) is 83.6 Å². The fraction of sp³-hybridized carbons (Fsp3) is 0.577. The van der Waals surface area contributed by atoms with E-state index in [1.807, 2.05) is 0 Å². The van der Waals surface area contributed by atoms with Gasteiger partial charge in [-0.05, 0) is 52.0 Å². The average molecular weight is 519 g/mol. The summed E-state index contributed by atoms with van der Waals surface area (Å²) in [6, 6.07) is 6.09. The molecule has 9 nitrogen and oxygen atoms in total. The molecule has 4 rings (SSSR count). The van der Waals surface area contributed by atoms with E-state index < -0.39 is 24.4 Å². The minimum atomic E-state index is -3.93. The van der Waals surface area contributed by atoms with Gasteiger partial charge < -0.3 is 19.1 Å². The van der Waals surface area contributed by atoms with Crippen LogP contribution in [0.15, 0.2) is 46.5 Å². The van der Waals surface area contributed by atoms with Crippen LogP contribution in [0.4, 0.5) is 5.69 Å². The van der Waals surface area contributed by atoms with Crippen molar-refractivity contribution in [3.05, 3.63) is 62.2 Å². The number of nitro benzene ring substituents is 1. The summed E-state index contributed by atoms with van der Waals surface area (Å²) in [5, 5.41) is 15.1. The third kappa shape index (κ3) is 5.58. The fourth-order valence-electron chi connectivity index (χ4n) is 5.49. The molecule has 2 fully saturated rings. The van der Waals surface area contributed by atoms with Gasteiger partial charge >= 0.3 is 13.6 Å². The molecule has 2 saturated carbocycles. The van der Waals surface area contributed by atoms with Crippen LogP contribution in [0, 0.1) is 10.1 Å². The van der Waals surface area contributed by atoms with Crippen molar-refractivity contribution in [3.63, 3.8) is 0 Å². The van der Waals surface area contributed by atoms with E-state index in [0.29, 0.717) is 22.3 Å². The van der Waals surface area contributed by atoms with Crippen molar-refractivity contribution >= 4 is 19.3 Å². The number of nitrogens with one attached hydrogen (secondary N) is 1. The van der Waals surface area contributed by atoms with E-state index in [1.165, 1.54) is 12.1 Å². The van der Waals surface area contributed by atoms with Gasteiger partial charge in [0, 0.05) is 23.5 Å². The Labute approximate surface area is 212 Å². The summed E-state index contributed by atoms with van der Waals surface area (Å²) >= 11 is 0. The molecule has 196 valence electrons. The minimum absolute atomic E-state index is 0.118. The Hall–Kier alpha value is -2.48. The number of benzene rings is 1. The number of allylic oxidation sites excluding steroid dienone is 3. The van der Waals surface area contributed by atoms with Gasteiger partial charge in [-0.1, -0.05) is 37.8 Å². The van der Waals surface area contributed by atoms with Crippen molar-refractivity contribution in [1.82, 2.24) is 5.32 Å². The van der Waals surface area contributed by atoms with Crippen molar-refractivity contribution in [1.29, 1.82) is 0 Å².